The van der Waals surface area contributed by atoms with Crippen molar-refractivity contribution >= 4 is 38.0 Å². The molecule has 2 amide bonds. The van der Waals surface area contributed by atoms with Crippen molar-refractivity contribution in [2.45, 2.75) is 28.3 Å². The molecule has 8 nitrogen and oxygen atoms in total. The molecule has 0 unspecified atom stereocenters. The molecule has 2 aromatic rings. The van der Waals surface area contributed by atoms with E-state index in [9.17, 15) is 36.3 Å². The number of hydrogen-bond donors (Lipinski definition) is 3. The summed E-state index contributed by atoms with van der Waals surface area (Å²) in [5.41, 5.74) is 3.92. The van der Waals surface area contributed by atoms with Gasteiger partial charge in [-0.05, 0) is 31.0 Å². The molecule has 0 bridgehead atoms. The van der Waals surface area contributed by atoms with Crippen LogP contribution in [0.1, 0.15) is 23.2 Å². The highest BCUT2D eigenvalue weighted by Crippen LogP contribution is 2.47. The van der Waals surface area contributed by atoms with Crippen LogP contribution in [0.5, 0.6) is 5.75 Å². The van der Waals surface area contributed by atoms with E-state index in [1.165, 1.54) is 12.1 Å². The van der Waals surface area contributed by atoms with Crippen LogP contribution in [0.25, 0.3) is 0 Å². The minimum atomic E-state index is -5.12. The maximum absolute atomic E-state index is 12.9. The fourth-order valence-corrected chi connectivity index (χ4v) is 5.48. The van der Waals surface area contributed by atoms with Crippen LogP contribution in [-0.4, -0.2) is 38.3 Å². The Morgan fingerprint density at radius 3 is 2.43 bits per heavy atom. The molecule has 1 saturated carbocycles. The fraction of sp³-hybridized carbons (Fsp3) is 0.294. The first kappa shape index (κ1) is 22.1. The number of para-hydroxylation sites is 1. The average Bonchev–Trinajstić information content (AvgIpc) is 3.33. The largest absolute Gasteiger partial charge is 0.573 e. The summed E-state index contributed by atoms with van der Waals surface area (Å²) in [6.07, 6.45) is -4.29. The predicted octanol–water partition coefficient (Wildman–Crippen LogP) is 2.29. The van der Waals surface area contributed by atoms with Crippen molar-refractivity contribution in [1.29, 1.82) is 0 Å². The molecule has 1 fully saturated rings. The summed E-state index contributed by atoms with van der Waals surface area (Å²) in [7, 11) is -4.55. The monoisotopic (exact) mass is 464 g/mol. The number of aliphatic hydroxyl groups is 1. The first-order chi connectivity index (χ1) is 13.9. The van der Waals surface area contributed by atoms with Gasteiger partial charge in [0.15, 0.2) is 0 Å². The third-order valence-electron chi connectivity index (χ3n) is 4.47. The van der Waals surface area contributed by atoms with Crippen molar-refractivity contribution < 1.29 is 41.0 Å². The molecule has 30 heavy (non-hydrogen) atoms. The lowest BCUT2D eigenvalue weighted by atomic mass is 10.1. The molecule has 0 spiro atoms. The van der Waals surface area contributed by atoms with Crippen LogP contribution in [0, 0.1) is 5.41 Å². The first-order valence-electron chi connectivity index (χ1n) is 8.35. The lowest BCUT2D eigenvalue weighted by Crippen LogP contribution is -2.27. The summed E-state index contributed by atoms with van der Waals surface area (Å²) in [4.78, 5) is 23.3. The highest BCUT2D eigenvalue weighted by atomic mass is 32.2. The van der Waals surface area contributed by atoms with E-state index >= 15 is 0 Å². The number of thiophene rings is 1. The number of carbonyl (C=O) groups is 2. The van der Waals surface area contributed by atoms with Gasteiger partial charge in [-0.25, -0.2) is 8.42 Å². The smallest absolute Gasteiger partial charge is 0.404 e. The summed E-state index contributed by atoms with van der Waals surface area (Å²) < 4.78 is 67.1. The van der Waals surface area contributed by atoms with E-state index in [0.717, 1.165) is 18.2 Å². The molecule has 162 valence electrons. The third kappa shape index (κ3) is 4.27. The average molecular weight is 464 g/mol. The van der Waals surface area contributed by atoms with Crippen molar-refractivity contribution in [3.8, 4) is 5.75 Å². The lowest BCUT2D eigenvalue weighted by molar-refractivity contribution is -0.275. The van der Waals surface area contributed by atoms with Crippen LogP contribution in [0.2, 0.25) is 0 Å². The molecule has 0 aliphatic heterocycles. The normalized spacial score (nSPS) is 15.5. The van der Waals surface area contributed by atoms with Crippen molar-refractivity contribution in [3.63, 3.8) is 0 Å². The number of halogens is 3. The van der Waals surface area contributed by atoms with Gasteiger partial charge in [-0.2, -0.15) is 0 Å². The van der Waals surface area contributed by atoms with Crippen LogP contribution in [0.4, 0.5) is 18.2 Å². The van der Waals surface area contributed by atoms with Crippen LogP contribution >= 0.6 is 11.3 Å². The second kappa shape index (κ2) is 7.56. The van der Waals surface area contributed by atoms with Gasteiger partial charge < -0.3 is 20.9 Å². The van der Waals surface area contributed by atoms with Crippen LogP contribution in [-0.2, 0) is 14.6 Å². The third-order valence-corrected chi connectivity index (χ3v) is 7.79. The van der Waals surface area contributed by atoms with Crippen LogP contribution in [0.15, 0.2) is 39.4 Å². The van der Waals surface area contributed by atoms with Gasteiger partial charge >= 0.3 is 6.36 Å². The lowest BCUT2D eigenvalue weighted by Gasteiger charge is -2.13. The van der Waals surface area contributed by atoms with Gasteiger partial charge in [0.25, 0.3) is 5.91 Å². The minimum absolute atomic E-state index is 0.181. The maximum atomic E-state index is 12.9. The SMILES string of the molecule is NC(=O)c1cc(S(=O)(=O)c2ccccc2OC(F)(F)F)sc1NC(=O)C1(CO)CC1. The van der Waals surface area contributed by atoms with Crippen LogP contribution in [0.3, 0.4) is 0 Å². The van der Waals surface area contributed by atoms with Gasteiger partial charge in [0, 0.05) is 0 Å². The number of alkyl halides is 3. The maximum Gasteiger partial charge on any atom is 0.573 e. The topological polar surface area (TPSA) is 136 Å². The molecule has 0 radical (unpaired) electrons. The quantitative estimate of drug-likeness (QED) is 0.575. The zero-order valence-corrected chi connectivity index (χ0v) is 16.7. The summed E-state index contributed by atoms with van der Waals surface area (Å²) >= 11 is 0.460. The fourth-order valence-electron chi connectivity index (χ4n) is 2.61. The van der Waals surface area contributed by atoms with E-state index in [1.54, 1.807) is 0 Å². The number of carbonyl (C=O) groups excluding carboxylic acids is 2. The number of amides is 2. The van der Waals surface area contributed by atoms with E-state index in [-0.39, 0.29) is 10.6 Å². The van der Waals surface area contributed by atoms with Gasteiger partial charge in [0.2, 0.25) is 15.7 Å². The molecular weight excluding hydrogens is 449 g/mol. The van der Waals surface area contributed by atoms with Crippen LogP contribution < -0.4 is 15.8 Å². The Morgan fingerprint density at radius 2 is 1.90 bits per heavy atom. The Hall–Kier alpha value is -2.64. The summed E-state index contributed by atoms with van der Waals surface area (Å²) in [5, 5.41) is 11.5. The molecule has 0 atom stereocenters. The van der Waals surface area contributed by atoms with E-state index in [2.05, 4.69) is 10.1 Å². The Kier molecular flexibility index (Phi) is 5.56. The number of ether oxygens (including phenoxy) is 1. The molecule has 0 saturated heterocycles. The predicted molar refractivity (Wildman–Crippen MR) is 98.8 cm³/mol. The van der Waals surface area contributed by atoms with E-state index in [0.29, 0.717) is 24.2 Å². The van der Waals surface area contributed by atoms with Crippen molar-refractivity contribution in [2.24, 2.45) is 11.1 Å². The zero-order valence-electron chi connectivity index (χ0n) is 15.0. The number of nitrogens with two attached hydrogens (primary N) is 1. The van der Waals surface area contributed by atoms with Gasteiger partial charge in [-0.15, -0.1) is 24.5 Å². The number of benzene rings is 1. The molecule has 4 N–H and O–H groups in total. The molecule has 1 aliphatic carbocycles. The zero-order chi connectivity index (χ0) is 22.3. The molecule has 3 rings (SSSR count). The summed E-state index contributed by atoms with van der Waals surface area (Å²) in [6.45, 7) is -0.427. The summed E-state index contributed by atoms with van der Waals surface area (Å²) in [5.74, 6) is -2.60. The second-order valence-corrected chi connectivity index (χ2v) is 9.76. The number of rotatable bonds is 7. The van der Waals surface area contributed by atoms with Crippen molar-refractivity contribution in [3.05, 3.63) is 35.9 Å². The van der Waals surface area contributed by atoms with Gasteiger partial charge in [0.05, 0.1) is 17.6 Å². The highest BCUT2D eigenvalue weighted by molar-refractivity contribution is 7.93. The second-order valence-electron chi connectivity index (χ2n) is 6.56. The summed E-state index contributed by atoms with van der Waals surface area (Å²) in [6, 6.07) is 5.01. The van der Waals surface area contributed by atoms with Gasteiger partial charge in [-0.3, -0.25) is 9.59 Å². The van der Waals surface area contributed by atoms with Crippen molar-refractivity contribution in [2.75, 3.05) is 11.9 Å². The molecule has 1 heterocycles. The van der Waals surface area contributed by atoms with E-state index in [4.69, 9.17) is 5.73 Å². The molecule has 1 aromatic heterocycles. The van der Waals surface area contributed by atoms with E-state index < -0.39 is 54.9 Å². The van der Waals surface area contributed by atoms with Crippen molar-refractivity contribution in [1.82, 2.24) is 0 Å². The first-order valence-corrected chi connectivity index (χ1v) is 10.7. The number of anilines is 1. The Balaban J connectivity index is 2.02. The standard InChI is InChI=1S/C17H15F3N2O6S2/c18-17(19,20)28-10-3-1-2-4-11(10)30(26,27)12-7-9(13(21)24)14(29-12)22-15(25)16(8-23)5-6-16/h1-4,7,23H,5-6,8H2,(H2,21,24)(H,22,25). The van der Waals surface area contributed by atoms with Gasteiger partial charge in [0.1, 0.15) is 19.9 Å². The number of sulfone groups is 1. The Bertz CT molecular complexity index is 1110. The number of primary amides is 1. The number of hydrogen-bond acceptors (Lipinski definition) is 7. The van der Waals surface area contributed by atoms with Gasteiger partial charge in [-0.1, -0.05) is 12.1 Å². The molecule has 13 heteroatoms. The Morgan fingerprint density at radius 1 is 1.27 bits per heavy atom. The molecule has 1 aromatic carbocycles. The Labute approximate surface area is 172 Å². The number of aliphatic hydroxyl groups excluding tert-OH is 1. The molecule has 1 aliphatic rings. The minimum Gasteiger partial charge on any atom is -0.404 e. The molecular formula is C17H15F3N2O6S2. The van der Waals surface area contributed by atoms with E-state index in [1.807, 2.05) is 0 Å². The number of nitrogens with one attached hydrogen (secondary N) is 1. The highest BCUT2D eigenvalue weighted by Gasteiger charge is 2.49.